The Kier molecular flexibility index (Phi) is 7.02. The number of ether oxygens (including phenoxy) is 2. The van der Waals surface area contributed by atoms with Gasteiger partial charge >= 0.3 is 0 Å². The van der Waals surface area contributed by atoms with E-state index in [0.717, 1.165) is 85.9 Å². The second-order valence-corrected chi connectivity index (χ2v) is 9.67. The van der Waals surface area contributed by atoms with Gasteiger partial charge in [0.1, 0.15) is 11.5 Å². The minimum Gasteiger partial charge on any atom is -0.497 e. The number of piperidine rings is 2. The quantitative estimate of drug-likeness (QED) is 0.525. The number of nitrogens with zero attached hydrogens (tertiary/aromatic N) is 4. The smallest absolute Gasteiger partial charge is 0.226 e. The van der Waals surface area contributed by atoms with Gasteiger partial charge in [-0.3, -0.25) is 4.79 Å². The first-order chi connectivity index (χ1) is 17.1. The molecule has 0 radical (unpaired) electrons. The molecule has 1 unspecified atom stereocenters. The van der Waals surface area contributed by atoms with Crippen molar-refractivity contribution in [2.75, 3.05) is 44.8 Å². The predicted molar refractivity (Wildman–Crippen MR) is 137 cm³/mol. The average Bonchev–Trinajstić information content (AvgIpc) is 2.92. The van der Waals surface area contributed by atoms with E-state index >= 15 is 0 Å². The Labute approximate surface area is 207 Å². The molecule has 0 N–H and O–H groups in total. The number of para-hydroxylation sites is 1. The van der Waals surface area contributed by atoms with Gasteiger partial charge in [-0.2, -0.15) is 0 Å². The number of benzene rings is 2. The summed E-state index contributed by atoms with van der Waals surface area (Å²) in [5, 5.41) is 1.09. The number of aryl methyl sites for hydroxylation is 1. The summed E-state index contributed by atoms with van der Waals surface area (Å²) >= 11 is 0. The van der Waals surface area contributed by atoms with Crippen LogP contribution >= 0.6 is 0 Å². The molecule has 0 saturated carbocycles. The number of methoxy groups -OCH3 is 1. The maximum absolute atomic E-state index is 13.3. The van der Waals surface area contributed by atoms with Crippen LogP contribution in [0.15, 0.2) is 48.5 Å². The van der Waals surface area contributed by atoms with E-state index < -0.39 is 0 Å². The number of hydrogen-bond acceptors (Lipinski definition) is 6. The van der Waals surface area contributed by atoms with Crippen molar-refractivity contribution >= 4 is 22.8 Å². The highest BCUT2D eigenvalue weighted by molar-refractivity contribution is 5.82. The second-order valence-electron chi connectivity index (χ2n) is 9.67. The van der Waals surface area contributed by atoms with Gasteiger partial charge in [0.15, 0.2) is 0 Å². The molecule has 7 heteroatoms. The van der Waals surface area contributed by atoms with Crippen molar-refractivity contribution in [1.29, 1.82) is 0 Å². The van der Waals surface area contributed by atoms with Crippen LogP contribution < -0.4 is 14.4 Å². The van der Waals surface area contributed by atoms with Crippen molar-refractivity contribution in [1.82, 2.24) is 14.9 Å². The van der Waals surface area contributed by atoms with E-state index in [0.29, 0.717) is 18.4 Å². The molecule has 0 aliphatic carbocycles. The summed E-state index contributed by atoms with van der Waals surface area (Å²) in [7, 11) is 1.66. The number of likely N-dealkylation sites (tertiary alicyclic amines) is 1. The van der Waals surface area contributed by atoms with E-state index in [-0.39, 0.29) is 5.92 Å². The van der Waals surface area contributed by atoms with Gasteiger partial charge in [-0.15, -0.1) is 0 Å². The molecule has 2 aliphatic heterocycles. The molecule has 3 aromatic rings. The Hall–Kier alpha value is -3.35. The van der Waals surface area contributed by atoms with Crippen LogP contribution in [0.2, 0.25) is 0 Å². The Bertz CT molecular complexity index is 1180. The molecule has 184 valence electrons. The largest absolute Gasteiger partial charge is 0.497 e. The van der Waals surface area contributed by atoms with Gasteiger partial charge in [0.2, 0.25) is 11.9 Å². The molecular weight excluding hydrogens is 440 g/mol. The third-order valence-electron chi connectivity index (χ3n) is 7.27. The Morgan fingerprint density at radius 2 is 1.80 bits per heavy atom. The molecule has 35 heavy (non-hydrogen) atoms. The Morgan fingerprint density at radius 1 is 1.00 bits per heavy atom. The van der Waals surface area contributed by atoms with E-state index in [9.17, 15) is 4.79 Å². The molecule has 2 saturated heterocycles. The summed E-state index contributed by atoms with van der Waals surface area (Å²) < 4.78 is 11.3. The fraction of sp³-hybridized carbons (Fsp3) is 0.464. The topological polar surface area (TPSA) is 67.8 Å². The summed E-state index contributed by atoms with van der Waals surface area (Å²) in [6.07, 6.45) is 3.80. The summed E-state index contributed by atoms with van der Waals surface area (Å²) in [4.78, 5) is 27.2. The van der Waals surface area contributed by atoms with Crippen LogP contribution in [0.4, 0.5) is 5.95 Å². The molecule has 2 aromatic carbocycles. The Morgan fingerprint density at radius 3 is 2.63 bits per heavy atom. The fourth-order valence-corrected chi connectivity index (χ4v) is 5.25. The first kappa shape index (κ1) is 23.4. The van der Waals surface area contributed by atoms with Gasteiger partial charge in [0, 0.05) is 49.5 Å². The van der Waals surface area contributed by atoms with Gasteiger partial charge in [-0.05, 0) is 50.8 Å². The van der Waals surface area contributed by atoms with Crippen molar-refractivity contribution in [2.45, 2.75) is 32.6 Å². The van der Waals surface area contributed by atoms with Crippen LogP contribution in [0.3, 0.4) is 0 Å². The van der Waals surface area contributed by atoms with E-state index in [1.165, 1.54) is 0 Å². The SMILES string of the molecule is COc1cccc(OCC2CCCN(C(=O)C3CCN(c4nc(C)c5ccccc5n4)CC3)C2)c1. The molecule has 1 aromatic heterocycles. The van der Waals surface area contributed by atoms with E-state index in [2.05, 4.69) is 15.9 Å². The van der Waals surface area contributed by atoms with E-state index in [4.69, 9.17) is 19.4 Å². The first-order valence-corrected chi connectivity index (χ1v) is 12.6. The lowest BCUT2D eigenvalue weighted by Gasteiger charge is -2.37. The summed E-state index contributed by atoms with van der Waals surface area (Å²) in [6.45, 7) is 5.90. The molecule has 2 fully saturated rings. The van der Waals surface area contributed by atoms with Crippen LogP contribution in [-0.2, 0) is 4.79 Å². The van der Waals surface area contributed by atoms with E-state index in [1.54, 1.807) is 7.11 Å². The van der Waals surface area contributed by atoms with Gasteiger partial charge in [0.05, 0.1) is 24.9 Å². The molecule has 1 atom stereocenters. The molecule has 7 nitrogen and oxygen atoms in total. The molecule has 0 spiro atoms. The van der Waals surface area contributed by atoms with E-state index in [1.807, 2.05) is 49.4 Å². The maximum atomic E-state index is 13.3. The number of fused-ring (bicyclic) bond motifs is 1. The average molecular weight is 475 g/mol. The Balaban J connectivity index is 1.15. The summed E-state index contributed by atoms with van der Waals surface area (Å²) in [6, 6.07) is 15.8. The van der Waals surface area contributed by atoms with Crippen molar-refractivity contribution in [3.05, 3.63) is 54.2 Å². The highest BCUT2D eigenvalue weighted by Crippen LogP contribution is 2.27. The van der Waals surface area contributed by atoms with Crippen molar-refractivity contribution < 1.29 is 14.3 Å². The lowest BCUT2D eigenvalue weighted by Crippen LogP contribution is -2.47. The molecule has 2 aliphatic rings. The number of rotatable bonds is 6. The zero-order chi connectivity index (χ0) is 24.2. The minimum atomic E-state index is 0.0749. The predicted octanol–water partition coefficient (Wildman–Crippen LogP) is 4.48. The maximum Gasteiger partial charge on any atom is 0.226 e. The number of carbonyl (C=O) groups is 1. The number of carbonyl (C=O) groups excluding carboxylic acids is 1. The number of aromatic nitrogens is 2. The molecule has 5 rings (SSSR count). The first-order valence-electron chi connectivity index (χ1n) is 12.6. The zero-order valence-corrected chi connectivity index (χ0v) is 20.7. The van der Waals surface area contributed by atoms with Crippen LogP contribution in [0.1, 0.15) is 31.4 Å². The monoisotopic (exact) mass is 474 g/mol. The van der Waals surface area contributed by atoms with Gasteiger partial charge in [-0.25, -0.2) is 9.97 Å². The summed E-state index contributed by atoms with van der Waals surface area (Å²) in [5.41, 5.74) is 1.98. The lowest BCUT2D eigenvalue weighted by atomic mass is 9.92. The van der Waals surface area contributed by atoms with Gasteiger partial charge in [-0.1, -0.05) is 24.3 Å². The number of anilines is 1. The minimum absolute atomic E-state index is 0.0749. The highest BCUT2D eigenvalue weighted by atomic mass is 16.5. The van der Waals surface area contributed by atoms with Crippen LogP contribution in [-0.4, -0.2) is 60.7 Å². The van der Waals surface area contributed by atoms with Crippen molar-refractivity contribution in [3.63, 3.8) is 0 Å². The molecule has 3 heterocycles. The van der Waals surface area contributed by atoms with Crippen LogP contribution in [0.25, 0.3) is 10.9 Å². The molecule has 0 bridgehead atoms. The standard InChI is InChI=1S/C28H34N4O3/c1-20-25-10-3-4-11-26(25)30-28(29-20)31-15-12-22(13-16-31)27(33)32-14-6-7-21(18-32)19-35-24-9-5-8-23(17-24)34-2/h3-5,8-11,17,21-22H,6-7,12-16,18-19H2,1-2H3. The van der Waals surface area contributed by atoms with Crippen molar-refractivity contribution in [3.8, 4) is 11.5 Å². The lowest BCUT2D eigenvalue weighted by molar-refractivity contribution is -0.138. The molecular formula is C28H34N4O3. The van der Waals surface area contributed by atoms with Crippen molar-refractivity contribution in [2.24, 2.45) is 11.8 Å². The third-order valence-corrected chi connectivity index (χ3v) is 7.27. The normalized spacial score (nSPS) is 19.1. The van der Waals surface area contributed by atoms with Crippen LogP contribution in [0.5, 0.6) is 11.5 Å². The number of amides is 1. The fourth-order valence-electron chi connectivity index (χ4n) is 5.25. The second kappa shape index (κ2) is 10.5. The molecule has 1 amide bonds. The highest BCUT2D eigenvalue weighted by Gasteiger charge is 2.32. The third kappa shape index (κ3) is 5.34. The zero-order valence-electron chi connectivity index (χ0n) is 20.7. The van der Waals surface area contributed by atoms with Gasteiger partial charge < -0.3 is 19.3 Å². The van der Waals surface area contributed by atoms with Gasteiger partial charge in [0.25, 0.3) is 0 Å². The summed E-state index contributed by atoms with van der Waals surface area (Å²) in [5.74, 6) is 3.11. The number of hydrogen-bond donors (Lipinski definition) is 0. The van der Waals surface area contributed by atoms with Crippen LogP contribution in [0, 0.1) is 18.8 Å².